The van der Waals surface area contributed by atoms with Gasteiger partial charge >= 0.3 is 11.9 Å². The topological polar surface area (TPSA) is 113 Å². The van der Waals surface area contributed by atoms with Gasteiger partial charge in [0.05, 0.1) is 11.1 Å². The van der Waals surface area contributed by atoms with Crippen molar-refractivity contribution in [3.63, 3.8) is 0 Å². The van der Waals surface area contributed by atoms with E-state index in [9.17, 15) is 19.2 Å². The first-order chi connectivity index (χ1) is 7.99. The van der Waals surface area contributed by atoms with Crippen molar-refractivity contribution >= 4 is 29.4 Å². The molecule has 0 fully saturated rings. The van der Waals surface area contributed by atoms with E-state index in [0.717, 1.165) is 0 Å². The zero-order valence-corrected chi connectivity index (χ0v) is 8.31. The molecule has 2 rings (SSSR count). The molecular formula is C10H6N2O5. The molecular weight excluding hydrogens is 228 g/mol. The Bertz CT molecular complexity index is 564. The molecule has 1 aromatic carbocycles. The van der Waals surface area contributed by atoms with Gasteiger partial charge in [-0.25, -0.2) is 4.79 Å². The molecule has 3 N–H and O–H groups in total. The Labute approximate surface area is 94.4 Å². The summed E-state index contributed by atoms with van der Waals surface area (Å²) in [6.45, 7) is 0. The molecule has 17 heavy (non-hydrogen) atoms. The number of fused-ring (bicyclic) bond motifs is 1. The molecule has 1 aliphatic rings. The van der Waals surface area contributed by atoms with Crippen LogP contribution in [0, 0.1) is 0 Å². The monoisotopic (exact) mass is 234 g/mol. The van der Waals surface area contributed by atoms with E-state index in [4.69, 9.17) is 5.11 Å². The number of amides is 3. The Balaban J connectivity index is 2.32. The van der Waals surface area contributed by atoms with Crippen molar-refractivity contribution in [3.05, 3.63) is 29.3 Å². The van der Waals surface area contributed by atoms with Crippen molar-refractivity contribution in [2.45, 2.75) is 0 Å². The highest BCUT2D eigenvalue weighted by atomic mass is 16.4. The summed E-state index contributed by atoms with van der Waals surface area (Å²) in [7, 11) is 0. The first-order valence-electron chi connectivity index (χ1n) is 4.53. The maximum absolute atomic E-state index is 11.3. The summed E-state index contributed by atoms with van der Waals surface area (Å²) in [6.07, 6.45) is 0. The number of carboxylic acid groups (broad SMARTS) is 1. The van der Waals surface area contributed by atoms with E-state index in [2.05, 4.69) is 10.6 Å². The molecule has 0 bridgehead atoms. The Morgan fingerprint density at radius 3 is 2.41 bits per heavy atom. The van der Waals surface area contributed by atoms with Crippen molar-refractivity contribution in [1.29, 1.82) is 0 Å². The number of hydrogen-bond acceptors (Lipinski definition) is 4. The average Bonchev–Trinajstić information content (AvgIpc) is 2.54. The molecule has 0 atom stereocenters. The summed E-state index contributed by atoms with van der Waals surface area (Å²) < 4.78 is 0. The normalized spacial score (nSPS) is 12.9. The van der Waals surface area contributed by atoms with E-state index < -0.39 is 23.7 Å². The fourth-order valence-corrected chi connectivity index (χ4v) is 1.43. The molecule has 1 aromatic rings. The van der Waals surface area contributed by atoms with Crippen LogP contribution in [-0.2, 0) is 9.59 Å². The Morgan fingerprint density at radius 1 is 1.12 bits per heavy atom. The van der Waals surface area contributed by atoms with Crippen molar-refractivity contribution in [2.75, 3.05) is 5.32 Å². The first-order valence-corrected chi connectivity index (χ1v) is 4.53. The summed E-state index contributed by atoms with van der Waals surface area (Å²) in [5, 5.41) is 12.5. The van der Waals surface area contributed by atoms with E-state index in [1.807, 2.05) is 0 Å². The lowest BCUT2D eigenvalue weighted by molar-refractivity contribution is -0.147. The Kier molecular flexibility index (Phi) is 2.36. The molecule has 0 unspecified atom stereocenters. The second kappa shape index (κ2) is 3.71. The second-order valence-corrected chi connectivity index (χ2v) is 3.30. The smallest absolute Gasteiger partial charge is 0.394 e. The van der Waals surface area contributed by atoms with Crippen LogP contribution in [-0.4, -0.2) is 28.8 Å². The van der Waals surface area contributed by atoms with Crippen molar-refractivity contribution in [2.24, 2.45) is 0 Å². The fraction of sp³-hybridized carbons (Fsp3) is 0. The maximum Gasteiger partial charge on any atom is 0.394 e. The number of carbonyl (C=O) groups is 4. The highest BCUT2D eigenvalue weighted by molar-refractivity contribution is 6.36. The lowest BCUT2D eigenvalue weighted by atomic mass is 10.1. The second-order valence-electron chi connectivity index (χ2n) is 3.30. The lowest BCUT2D eigenvalue weighted by Crippen LogP contribution is -2.22. The molecule has 3 amide bonds. The summed E-state index contributed by atoms with van der Waals surface area (Å²) in [6, 6.07) is 3.93. The molecule has 1 heterocycles. The quantitative estimate of drug-likeness (QED) is 0.451. The minimum Gasteiger partial charge on any atom is -0.474 e. The SMILES string of the molecule is O=C(O)C(=O)Nc1ccc2c(c1)C(=O)NC2=O. The van der Waals surface area contributed by atoms with Gasteiger partial charge in [0.1, 0.15) is 0 Å². The van der Waals surface area contributed by atoms with E-state index in [1.165, 1.54) is 18.2 Å². The third-order valence-corrected chi connectivity index (χ3v) is 2.19. The molecule has 0 saturated heterocycles. The predicted molar refractivity (Wildman–Crippen MR) is 54.5 cm³/mol. The number of benzene rings is 1. The van der Waals surface area contributed by atoms with E-state index in [1.54, 1.807) is 0 Å². The van der Waals surface area contributed by atoms with Gasteiger partial charge in [-0.05, 0) is 18.2 Å². The highest BCUT2D eigenvalue weighted by Gasteiger charge is 2.27. The highest BCUT2D eigenvalue weighted by Crippen LogP contribution is 2.20. The zero-order valence-electron chi connectivity index (χ0n) is 8.31. The van der Waals surface area contributed by atoms with Crippen LogP contribution in [0.5, 0.6) is 0 Å². The van der Waals surface area contributed by atoms with Crippen LogP contribution < -0.4 is 10.6 Å². The van der Waals surface area contributed by atoms with E-state index in [0.29, 0.717) is 0 Å². The summed E-state index contributed by atoms with van der Waals surface area (Å²) in [5.41, 5.74) is 0.447. The molecule has 0 aliphatic carbocycles. The van der Waals surface area contributed by atoms with E-state index in [-0.39, 0.29) is 16.8 Å². The summed E-state index contributed by atoms with van der Waals surface area (Å²) in [4.78, 5) is 43.7. The van der Waals surface area contributed by atoms with Gasteiger partial charge in [-0.15, -0.1) is 0 Å². The molecule has 1 aliphatic heterocycles. The zero-order chi connectivity index (χ0) is 12.6. The van der Waals surface area contributed by atoms with Gasteiger partial charge in [0, 0.05) is 5.69 Å². The fourth-order valence-electron chi connectivity index (χ4n) is 1.43. The van der Waals surface area contributed by atoms with Crippen LogP contribution in [0.1, 0.15) is 20.7 Å². The van der Waals surface area contributed by atoms with Gasteiger partial charge in [-0.2, -0.15) is 0 Å². The summed E-state index contributed by atoms with van der Waals surface area (Å²) in [5.74, 6) is -3.93. The number of carboxylic acids is 1. The van der Waals surface area contributed by atoms with Crippen LogP contribution in [0.2, 0.25) is 0 Å². The lowest BCUT2D eigenvalue weighted by Gasteiger charge is -2.02. The first kappa shape index (κ1) is 10.8. The number of anilines is 1. The van der Waals surface area contributed by atoms with Crippen LogP contribution >= 0.6 is 0 Å². The number of hydrogen-bond donors (Lipinski definition) is 3. The van der Waals surface area contributed by atoms with E-state index >= 15 is 0 Å². The Hall–Kier alpha value is -2.70. The van der Waals surface area contributed by atoms with Crippen molar-refractivity contribution in [3.8, 4) is 0 Å². The largest absolute Gasteiger partial charge is 0.474 e. The molecule has 0 radical (unpaired) electrons. The van der Waals surface area contributed by atoms with Crippen molar-refractivity contribution < 1.29 is 24.3 Å². The van der Waals surface area contributed by atoms with Crippen LogP contribution in [0.25, 0.3) is 0 Å². The van der Waals surface area contributed by atoms with Gasteiger partial charge in [-0.3, -0.25) is 19.7 Å². The van der Waals surface area contributed by atoms with Gasteiger partial charge in [-0.1, -0.05) is 0 Å². The average molecular weight is 234 g/mol. The van der Waals surface area contributed by atoms with Crippen LogP contribution in [0.4, 0.5) is 5.69 Å². The molecule has 0 saturated carbocycles. The molecule has 0 spiro atoms. The van der Waals surface area contributed by atoms with Gasteiger partial charge < -0.3 is 10.4 Å². The Morgan fingerprint density at radius 2 is 1.76 bits per heavy atom. The van der Waals surface area contributed by atoms with Gasteiger partial charge in [0.2, 0.25) is 0 Å². The third kappa shape index (κ3) is 1.85. The molecule has 0 aromatic heterocycles. The number of rotatable bonds is 1. The minimum atomic E-state index is -1.63. The van der Waals surface area contributed by atoms with Crippen molar-refractivity contribution in [1.82, 2.24) is 5.32 Å². The van der Waals surface area contributed by atoms with Crippen LogP contribution in [0.15, 0.2) is 18.2 Å². The van der Waals surface area contributed by atoms with Gasteiger partial charge in [0.25, 0.3) is 11.8 Å². The summed E-state index contributed by atoms with van der Waals surface area (Å²) >= 11 is 0. The van der Waals surface area contributed by atoms with Crippen LogP contribution in [0.3, 0.4) is 0 Å². The molecule has 86 valence electrons. The maximum atomic E-state index is 11.3. The number of carbonyl (C=O) groups excluding carboxylic acids is 3. The molecule has 7 nitrogen and oxygen atoms in total. The third-order valence-electron chi connectivity index (χ3n) is 2.19. The predicted octanol–water partition coefficient (Wildman–Crippen LogP) is -0.407. The standard InChI is InChI=1S/C10H6N2O5/c13-7-5-2-1-4(11-9(15)10(16)17)3-6(5)8(14)12-7/h1-3H,(H,11,15)(H,16,17)(H,12,13,14). The number of nitrogens with one attached hydrogen (secondary N) is 2. The number of aliphatic carboxylic acids is 1. The van der Waals surface area contributed by atoms with Gasteiger partial charge in [0.15, 0.2) is 0 Å². The number of imide groups is 1. The minimum absolute atomic E-state index is 0.109. The molecule has 7 heteroatoms.